The Hall–Kier alpha value is -3.64. The first-order valence-electron chi connectivity index (χ1n) is 9.84. The Balaban J connectivity index is 1.83. The van der Waals surface area contributed by atoms with E-state index in [9.17, 15) is 9.59 Å². The first-order chi connectivity index (χ1) is 14.5. The Morgan fingerprint density at radius 1 is 0.933 bits per heavy atom. The Morgan fingerprint density at radius 2 is 1.63 bits per heavy atom. The van der Waals surface area contributed by atoms with Gasteiger partial charge in [-0.2, -0.15) is 0 Å². The number of hydrogen-bond acceptors (Lipinski definition) is 3. The molecule has 4 aromatic rings. The average molecular weight is 398 g/mol. The Labute approximate surface area is 174 Å². The van der Waals surface area contributed by atoms with E-state index in [1.807, 2.05) is 73.5 Å². The van der Waals surface area contributed by atoms with Crippen LogP contribution in [-0.4, -0.2) is 52.3 Å². The minimum atomic E-state index is -0.294. The molecule has 0 saturated heterocycles. The highest BCUT2D eigenvalue weighted by atomic mass is 16.2. The summed E-state index contributed by atoms with van der Waals surface area (Å²) in [6, 6.07) is 15.8. The van der Waals surface area contributed by atoms with Crippen LogP contribution >= 0.6 is 0 Å². The number of nitrogens with zero attached hydrogens (tertiary/aromatic N) is 3. The Morgan fingerprint density at radius 3 is 2.40 bits per heavy atom. The number of aromatic amines is 1. The van der Waals surface area contributed by atoms with Crippen LogP contribution in [0.15, 0.2) is 60.9 Å². The molecule has 2 amide bonds. The summed E-state index contributed by atoms with van der Waals surface area (Å²) < 4.78 is 1.88. The second kappa shape index (κ2) is 6.71. The minimum Gasteiger partial charge on any atom is -0.361 e. The molecule has 3 heterocycles. The van der Waals surface area contributed by atoms with Crippen LogP contribution < -0.4 is 0 Å². The van der Waals surface area contributed by atoms with Crippen molar-refractivity contribution in [1.82, 2.24) is 19.4 Å². The zero-order valence-corrected chi connectivity index (χ0v) is 17.1. The number of hydrogen-bond donors (Lipinski definition) is 1. The molecule has 1 N–H and O–H groups in total. The third kappa shape index (κ3) is 2.61. The lowest BCUT2D eigenvalue weighted by Gasteiger charge is -2.09. The number of benzene rings is 2. The summed E-state index contributed by atoms with van der Waals surface area (Å²) in [6.07, 6.45) is 3.80. The molecule has 0 aliphatic carbocycles. The van der Waals surface area contributed by atoms with Gasteiger partial charge in [-0.25, -0.2) is 0 Å². The van der Waals surface area contributed by atoms with E-state index < -0.39 is 0 Å². The van der Waals surface area contributed by atoms with E-state index in [0.29, 0.717) is 11.3 Å². The van der Waals surface area contributed by atoms with Crippen molar-refractivity contribution in [3.8, 4) is 0 Å². The fourth-order valence-electron chi connectivity index (χ4n) is 4.27. The van der Waals surface area contributed by atoms with E-state index in [1.165, 1.54) is 4.90 Å². The Bertz CT molecular complexity index is 1360. The number of H-pyrrole nitrogens is 1. The molecule has 0 radical (unpaired) electrons. The third-order valence-electron chi connectivity index (χ3n) is 5.64. The molecule has 6 nitrogen and oxygen atoms in total. The first kappa shape index (κ1) is 18.4. The summed E-state index contributed by atoms with van der Waals surface area (Å²) >= 11 is 0. The topological polar surface area (TPSA) is 61.3 Å². The summed E-state index contributed by atoms with van der Waals surface area (Å²) in [4.78, 5) is 32.9. The summed E-state index contributed by atoms with van der Waals surface area (Å²) in [5.74, 6) is -0.580. The highest BCUT2D eigenvalue weighted by molar-refractivity contribution is 6.47. The zero-order valence-electron chi connectivity index (χ0n) is 17.1. The molecule has 0 fully saturated rings. The fraction of sp³-hybridized carbons (Fsp3) is 0.167. The summed E-state index contributed by atoms with van der Waals surface area (Å²) in [5, 5.41) is 2.00. The van der Waals surface area contributed by atoms with Gasteiger partial charge in [-0.15, -0.1) is 0 Å². The molecule has 0 saturated carbocycles. The Kier molecular flexibility index (Phi) is 4.11. The van der Waals surface area contributed by atoms with Crippen LogP contribution in [0, 0.1) is 0 Å². The van der Waals surface area contributed by atoms with Crippen LogP contribution in [0.2, 0.25) is 0 Å². The standard InChI is InChI=1S/C24H22N4O2/c1-26(2)13-15-14-28(20-11-7-5-8-16(15)20)22-21(23(29)27(3)24(22)30)18-12-25-19-10-6-4-9-17(18)19/h4-12,14,25H,13H2,1-3H3. The van der Waals surface area contributed by atoms with Crippen molar-refractivity contribution in [2.75, 3.05) is 21.1 Å². The normalized spacial score (nSPS) is 14.9. The van der Waals surface area contributed by atoms with Crippen LogP contribution in [0.25, 0.3) is 33.1 Å². The quantitative estimate of drug-likeness (QED) is 0.535. The summed E-state index contributed by atoms with van der Waals surface area (Å²) in [6.45, 7) is 0.737. The molecule has 0 unspecified atom stereocenters. The van der Waals surface area contributed by atoms with E-state index in [-0.39, 0.29) is 11.8 Å². The number of imide groups is 1. The van der Waals surface area contributed by atoms with Crippen molar-refractivity contribution >= 4 is 44.9 Å². The van der Waals surface area contributed by atoms with E-state index in [0.717, 1.165) is 39.5 Å². The summed E-state index contributed by atoms with van der Waals surface area (Å²) in [7, 11) is 5.57. The molecule has 0 atom stereocenters. The molecule has 150 valence electrons. The predicted octanol–water partition coefficient (Wildman–Crippen LogP) is 3.55. The average Bonchev–Trinajstić information content (AvgIpc) is 3.37. The van der Waals surface area contributed by atoms with E-state index in [1.54, 1.807) is 7.05 Å². The zero-order chi connectivity index (χ0) is 21.0. The van der Waals surface area contributed by atoms with Crippen LogP contribution in [0.5, 0.6) is 0 Å². The molecule has 5 rings (SSSR count). The van der Waals surface area contributed by atoms with E-state index in [2.05, 4.69) is 16.0 Å². The third-order valence-corrected chi connectivity index (χ3v) is 5.64. The molecule has 2 aromatic heterocycles. The van der Waals surface area contributed by atoms with Crippen LogP contribution in [-0.2, 0) is 16.1 Å². The van der Waals surface area contributed by atoms with Crippen molar-refractivity contribution in [2.45, 2.75) is 6.54 Å². The molecule has 30 heavy (non-hydrogen) atoms. The first-order valence-corrected chi connectivity index (χ1v) is 9.84. The number of amides is 2. The number of carbonyl (C=O) groups is 2. The fourth-order valence-corrected chi connectivity index (χ4v) is 4.27. The smallest absolute Gasteiger partial charge is 0.278 e. The maximum Gasteiger partial charge on any atom is 0.278 e. The number of para-hydroxylation sites is 2. The second-order valence-electron chi connectivity index (χ2n) is 7.92. The number of fused-ring (bicyclic) bond motifs is 2. The van der Waals surface area contributed by atoms with Crippen molar-refractivity contribution in [2.24, 2.45) is 0 Å². The number of nitrogens with one attached hydrogen (secondary N) is 1. The van der Waals surface area contributed by atoms with E-state index in [4.69, 9.17) is 0 Å². The lowest BCUT2D eigenvalue weighted by atomic mass is 10.0. The number of rotatable bonds is 4. The van der Waals surface area contributed by atoms with E-state index >= 15 is 0 Å². The molecule has 6 heteroatoms. The largest absolute Gasteiger partial charge is 0.361 e. The van der Waals surface area contributed by atoms with Crippen LogP contribution in [0.1, 0.15) is 11.1 Å². The molecule has 0 spiro atoms. The molecule has 2 aromatic carbocycles. The molecule has 1 aliphatic rings. The van der Waals surface area contributed by atoms with Crippen molar-refractivity contribution in [3.63, 3.8) is 0 Å². The lowest BCUT2D eigenvalue weighted by molar-refractivity contribution is -0.134. The van der Waals surface area contributed by atoms with Gasteiger partial charge in [-0.05, 0) is 31.8 Å². The molecule has 0 bridgehead atoms. The van der Waals surface area contributed by atoms with Crippen LogP contribution in [0.4, 0.5) is 0 Å². The monoisotopic (exact) mass is 398 g/mol. The van der Waals surface area contributed by atoms with Crippen molar-refractivity contribution in [3.05, 3.63) is 72.1 Å². The molecular formula is C24H22N4O2. The SMILES string of the molecule is CN(C)Cc1cn(C2=C(c3c[nH]c4ccccc34)C(=O)N(C)C2=O)c2ccccc12. The number of likely N-dealkylation sites (N-methyl/N-ethyl adjacent to an activating group) is 1. The van der Waals surface area contributed by atoms with Gasteiger partial charge in [0.2, 0.25) is 0 Å². The highest BCUT2D eigenvalue weighted by Crippen LogP contribution is 2.37. The van der Waals surface area contributed by atoms with Gasteiger partial charge < -0.3 is 14.5 Å². The van der Waals surface area contributed by atoms with Crippen molar-refractivity contribution < 1.29 is 9.59 Å². The minimum absolute atomic E-state index is 0.285. The van der Waals surface area contributed by atoms with Gasteiger partial charge >= 0.3 is 0 Å². The molecule has 1 aliphatic heterocycles. The summed E-state index contributed by atoms with van der Waals surface area (Å²) in [5.41, 5.74) is 4.52. The second-order valence-corrected chi connectivity index (χ2v) is 7.92. The van der Waals surface area contributed by atoms with Gasteiger partial charge in [0.1, 0.15) is 5.70 Å². The van der Waals surface area contributed by atoms with Crippen molar-refractivity contribution in [1.29, 1.82) is 0 Å². The maximum atomic E-state index is 13.2. The van der Waals surface area contributed by atoms with Gasteiger partial charge in [-0.1, -0.05) is 36.4 Å². The van der Waals surface area contributed by atoms with Gasteiger partial charge in [0.25, 0.3) is 11.8 Å². The maximum absolute atomic E-state index is 13.2. The predicted molar refractivity (Wildman–Crippen MR) is 119 cm³/mol. The van der Waals surface area contributed by atoms with Gasteiger partial charge in [0.05, 0.1) is 11.1 Å². The number of aromatic nitrogens is 2. The number of carbonyl (C=O) groups excluding carboxylic acids is 2. The highest BCUT2D eigenvalue weighted by Gasteiger charge is 2.39. The van der Waals surface area contributed by atoms with Gasteiger partial charge in [0, 0.05) is 47.8 Å². The van der Waals surface area contributed by atoms with Gasteiger partial charge in [0.15, 0.2) is 0 Å². The lowest BCUT2D eigenvalue weighted by Crippen LogP contribution is -2.27. The molecular weight excluding hydrogens is 376 g/mol. The van der Waals surface area contributed by atoms with Crippen LogP contribution in [0.3, 0.4) is 0 Å². The van der Waals surface area contributed by atoms with Gasteiger partial charge in [-0.3, -0.25) is 14.5 Å².